The van der Waals surface area contributed by atoms with Crippen LogP contribution in [0.15, 0.2) is 15.9 Å². The second kappa shape index (κ2) is 4.97. The highest BCUT2D eigenvalue weighted by molar-refractivity contribution is 9.10. The van der Waals surface area contributed by atoms with E-state index in [4.69, 9.17) is 0 Å². The van der Waals surface area contributed by atoms with Gasteiger partial charge in [-0.15, -0.1) is 11.3 Å². The lowest BCUT2D eigenvalue weighted by molar-refractivity contribution is 0.0732. The van der Waals surface area contributed by atoms with Crippen LogP contribution in [0.5, 0.6) is 0 Å². The summed E-state index contributed by atoms with van der Waals surface area (Å²) in [5.41, 5.74) is 0. The van der Waals surface area contributed by atoms with Crippen LogP contribution in [0.4, 0.5) is 0 Å². The van der Waals surface area contributed by atoms with E-state index in [0.717, 1.165) is 35.3 Å². The number of rotatable bonds is 1. The van der Waals surface area contributed by atoms with Crippen molar-refractivity contribution in [1.82, 2.24) is 4.90 Å². The second-order valence-electron chi connectivity index (χ2n) is 3.56. The van der Waals surface area contributed by atoms with E-state index < -0.39 is 0 Å². The van der Waals surface area contributed by atoms with E-state index in [1.165, 1.54) is 11.3 Å². The molecule has 0 aromatic carbocycles. The molecule has 1 amide bonds. The van der Waals surface area contributed by atoms with Crippen LogP contribution in [-0.2, 0) is 0 Å². The lowest BCUT2D eigenvalue weighted by Crippen LogP contribution is -2.38. The maximum Gasteiger partial charge on any atom is 0.265 e. The van der Waals surface area contributed by atoms with E-state index in [9.17, 15) is 4.79 Å². The number of halogens is 2. The number of likely N-dealkylation sites (tertiary alicyclic amines) is 1. The zero-order chi connectivity index (χ0) is 10.8. The van der Waals surface area contributed by atoms with Gasteiger partial charge in [0.2, 0.25) is 0 Å². The van der Waals surface area contributed by atoms with E-state index in [-0.39, 0.29) is 5.91 Å². The van der Waals surface area contributed by atoms with Gasteiger partial charge in [-0.25, -0.2) is 0 Å². The Balaban J connectivity index is 2.06. The first kappa shape index (κ1) is 11.6. The largest absolute Gasteiger partial charge is 0.338 e. The SMILES string of the molecule is O=C(c1sccc1Br)N1CCC(Br)CC1. The fraction of sp³-hybridized carbons (Fsp3) is 0.500. The van der Waals surface area contributed by atoms with Gasteiger partial charge in [-0.2, -0.15) is 0 Å². The van der Waals surface area contributed by atoms with Gasteiger partial charge in [0.15, 0.2) is 0 Å². The maximum atomic E-state index is 12.1. The number of alkyl halides is 1. The Kier molecular flexibility index (Phi) is 3.85. The van der Waals surface area contributed by atoms with Crippen molar-refractivity contribution in [2.75, 3.05) is 13.1 Å². The molecule has 0 saturated carbocycles. The predicted molar refractivity (Wildman–Crippen MR) is 69.9 cm³/mol. The van der Waals surface area contributed by atoms with Crippen molar-refractivity contribution in [2.45, 2.75) is 17.7 Å². The number of nitrogens with zero attached hydrogens (tertiary/aromatic N) is 1. The van der Waals surface area contributed by atoms with E-state index in [1.54, 1.807) is 0 Å². The molecule has 1 aliphatic heterocycles. The summed E-state index contributed by atoms with van der Waals surface area (Å²) in [4.78, 5) is 15.4. The topological polar surface area (TPSA) is 20.3 Å². The molecule has 1 aromatic rings. The third-order valence-electron chi connectivity index (χ3n) is 2.52. The Morgan fingerprint density at radius 2 is 2.13 bits per heavy atom. The average molecular weight is 353 g/mol. The molecule has 1 fully saturated rings. The molecule has 0 radical (unpaired) electrons. The summed E-state index contributed by atoms with van der Waals surface area (Å²) in [6.45, 7) is 1.72. The normalized spacial score (nSPS) is 18.1. The monoisotopic (exact) mass is 351 g/mol. The van der Waals surface area contributed by atoms with Crippen LogP contribution in [0.1, 0.15) is 22.5 Å². The molecule has 0 unspecified atom stereocenters. The van der Waals surface area contributed by atoms with Crippen molar-refractivity contribution >= 4 is 49.1 Å². The van der Waals surface area contributed by atoms with Crippen LogP contribution in [0.25, 0.3) is 0 Å². The Morgan fingerprint density at radius 1 is 1.47 bits per heavy atom. The fourth-order valence-electron chi connectivity index (χ4n) is 1.64. The number of thiophene rings is 1. The fourth-order valence-corrected chi connectivity index (χ4v) is 3.56. The minimum Gasteiger partial charge on any atom is -0.338 e. The molecule has 1 aromatic heterocycles. The number of carbonyl (C=O) groups is 1. The smallest absolute Gasteiger partial charge is 0.265 e. The first-order valence-corrected chi connectivity index (χ1v) is 7.43. The van der Waals surface area contributed by atoms with Crippen molar-refractivity contribution in [1.29, 1.82) is 0 Å². The number of amides is 1. The van der Waals surface area contributed by atoms with E-state index in [2.05, 4.69) is 31.9 Å². The summed E-state index contributed by atoms with van der Waals surface area (Å²) in [5, 5.41) is 1.94. The summed E-state index contributed by atoms with van der Waals surface area (Å²) in [6, 6.07) is 1.93. The Hall–Kier alpha value is 0.130. The summed E-state index contributed by atoms with van der Waals surface area (Å²) >= 11 is 8.48. The number of hydrogen-bond donors (Lipinski definition) is 0. The minimum atomic E-state index is 0.163. The second-order valence-corrected chi connectivity index (χ2v) is 6.63. The van der Waals surface area contributed by atoms with Crippen LogP contribution in [0, 0.1) is 0 Å². The highest BCUT2D eigenvalue weighted by Gasteiger charge is 2.23. The highest BCUT2D eigenvalue weighted by atomic mass is 79.9. The van der Waals surface area contributed by atoms with E-state index >= 15 is 0 Å². The van der Waals surface area contributed by atoms with Gasteiger partial charge >= 0.3 is 0 Å². The summed E-state index contributed by atoms with van der Waals surface area (Å²) in [6.07, 6.45) is 2.10. The van der Waals surface area contributed by atoms with Gasteiger partial charge in [0.05, 0.1) is 0 Å². The lowest BCUT2D eigenvalue weighted by Gasteiger charge is -2.29. The molecule has 2 rings (SSSR count). The van der Waals surface area contributed by atoms with Gasteiger partial charge in [-0.05, 0) is 40.2 Å². The third-order valence-corrected chi connectivity index (χ3v) is 5.26. The molecule has 0 bridgehead atoms. The highest BCUT2D eigenvalue weighted by Crippen LogP contribution is 2.26. The van der Waals surface area contributed by atoms with Gasteiger partial charge in [0.25, 0.3) is 5.91 Å². The van der Waals surface area contributed by atoms with Crippen LogP contribution in [0.3, 0.4) is 0 Å². The summed E-state index contributed by atoms with van der Waals surface area (Å²) in [7, 11) is 0. The number of hydrogen-bond acceptors (Lipinski definition) is 2. The maximum absolute atomic E-state index is 12.1. The summed E-state index contributed by atoms with van der Waals surface area (Å²) < 4.78 is 0.915. The number of piperidine rings is 1. The first-order chi connectivity index (χ1) is 7.18. The minimum absolute atomic E-state index is 0.163. The molecule has 0 spiro atoms. The van der Waals surface area contributed by atoms with Crippen LogP contribution in [0.2, 0.25) is 0 Å². The molecule has 0 atom stereocenters. The van der Waals surface area contributed by atoms with Crippen LogP contribution in [-0.4, -0.2) is 28.7 Å². The quantitative estimate of drug-likeness (QED) is 0.708. The van der Waals surface area contributed by atoms with Gasteiger partial charge < -0.3 is 4.90 Å². The zero-order valence-electron chi connectivity index (χ0n) is 8.08. The Labute approximate surface area is 110 Å². The molecule has 2 heterocycles. The van der Waals surface area contributed by atoms with Crippen molar-refractivity contribution in [3.8, 4) is 0 Å². The zero-order valence-corrected chi connectivity index (χ0v) is 12.1. The molecule has 0 N–H and O–H groups in total. The molecule has 2 nitrogen and oxygen atoms in total. The van der Waals surface area contributed by atoms with Crippen LogP contribution >= 0.6 is 43.2 Å². The average Bonchev–Trinajstić information content (AvgIpc) is 2.65. The van der Waals surface area contributed by atoms with Gasteiger partial charge in [0, 0.05) is 22.4 Å². The first-order valence-electron chi connectivity index (χ1n) is 4.85. The van der Waals surface area contributed by atoms with E-state index in [0.29, 0.717) is 4.83 Å². The standard InChI is InChI=1S/C10H11Br2NOS/c11-7-1-4-13(5-2-7)10(14)9-8(12)3-6-15-9/h3,6-7H,1-2,4-5H2. The predicted octanol–water partition coefficient (Wildman–Crippen LogP) is 3.51. The van der Waals surface area contributed by atoms with Crippen molar-refractivity contribution in [3.63, 3.8) is 0 Å². The van der Waals surface area contributed by atoms with Crippen molar-refractivity contribution in [3.05, 3.63) is 20.8 Å². The molecule has 1 aliphatic rings. The molecule has 82 valence electrons. The molecule has 5 heteroatoms. The van der Waals surface area contributed by atoms with Gasteiger partial charge in [0.1, 0.15) is 4.88 Å². The lowest BCUT2D eigenvalue weighted by atomic mass is 10.1. The van der Waals surface area contributed by atoms with Crippen molar-refractivity contribution in [2.24, 2.45) is 0 Å². The molecule has 1 saturated heterocycles. The van der Waals surface area contributed by atoms with Gasteiger partial charge in [-0.1, -0.05) is 15.9 Å². The van der Waals surface area contributed by atoms with Crippen molar-refractivity contribution < 1.29 is 4.79 Å². The summed E-state index contributed by atoms with van der Waals surface area (Å²) in [5.74, 6) is 0.163. The Bertz CT molecular complexity index is 358. The molecule has 15 heavy (non-hydrogen) atoms. The Morgan fingerprint density at radius 3 is 2.67 bits per heavy atom. The number of carbonyl (C=O) groups excluding carboxylic acids is 1. The molecular weight excluding hydrogens is 342 g/mol. The molecule has 0 aliphatic carbocycles. The van der Waals surface area contributed by atoms with Gasteiger partial charge in [-0.3, -0.25) is 4.79 Å². The molecular formula is C10H11Br2NOS. The third kappa shape index (κ3) is 2.63. The van der Waals surface area contributed by atoms with Crippen LogP contribution < -0.4 is 0 Å². The van der Waals surface area contributed by atoms with E-state index in [1.807, 2.05) is 16.3 Å².